The molecule has 0 aliphatic heterocycles. The van der Waals surface area contributed by atoms with Gasteiger partial charge in [-0.2, -0.15) is 0 Å². The van der Waals surface area contributed by atoms with E-state index in [4.69, 9.17) is 5.11 Å². The molecule has 4 rings (SSSR count). The van der Waals surface area contributed by atoms with Crippen LogP contribution in [0, 0.1) is 5.92 Å². The highest BCUT2D eigenvalue weighted by Gasteiger charge is 2.28. The lowest BCUT2D eigenvalue weighted by molar-refractivity contribution is -0.126. The van der Waals surface area contributed by atoms with Crippen molar-refractivity contribution in [3.05, 3.63) is 65.9 Å². The summed E-state index contributed by atoms with van der Waals surface area (Å²) in [6, 6.07) is 17.7. The van der Waals surface area contributed by atoms with Gasteiger partial charge in [0.05, 0.1) is 0 Å². The van der Waals surface area contributed by atoms with E-state index in [0.29, 0.717) is 18.8 Å². The molecule has 0 atom stereocenters. The first-order valence-electron chi connectivity index (χ1n) is 15.6. The predicted molar refractivity (Wildman–Crippen MR) is 168 cm³/mol. The van der Waals surface area contributed by atoms with Crippen molar-refractivity contribution in [1.82, 2.24) is 15.2 Å². The maximum absolute atomic E-state index is 13.6. The van der Waals surface area contributed by atoms with Gasteiger partial charge in [0.2, 0.25) is 11.8 Å². The number of aryl methyl sites for hydroxylation is 1. The molecule has 0 radical (unpaired) electrons. The summed E-state index contributed by atoms with van der Waals surface area (Å²) in [5.74, 6) is -0.177. The summed E-state index contributed by atoms with van der Waals surface area (Å²) >= 11 is 0. The highest BCUT2D eigenvalue weighted by molar-refractivity contribution is 6.01. The molecule has 1 saturated carbocycles. The minimum atomic E-state index is -0.189. The molecule has 1 heterocycles. The molecule has 3 N–H and O–H groups in total. The highest BCUT2D eigenvalue weighted by Crippen LogP contribution is 2.26. The van der Waals surface area contributed by atoms with E-state index in [2.05, 4.69) is 29.7 Å². The first kappa shape index (κ1) is 31.3. The Labute approximate surface area is 249 Å². The minimum Gasteiger partial charge on any atom is -0.396 e. The van der Waals surface area contributed by atoms with Gasteiger partial charge in [-0.05, 0) is 81.7 Å². The SMILES string of the molecule is CCc1cccc(N(CC)C(=O)Cn2c(C(=O)NC3CCC(C(=O)NCCCCCCO)CC3)cc3ccccc32)c1. The Balaban J connectivity index is 1.38. The third kappa shape index (κ3) is 8.00. The van der Waals surface area contributed by atoms with E-state index in [9.17, 15) is 14.4 Å². The summed E-state index contributed by atoms with van der Waals surface area (Å²) in [6.07, 6.45) is 7.59. The van der Waals surface area contributed by atoms with Gasteiger partial charge in [-0.25, -0.2) is 0 Å². The quantitative estimate of drug-likeness (QED) is 0.230. The minimum absolute atomic E-state index is 0.00822. The van der Waals surface area contributed by atoms with Gasteiger partial charge in [0.25, 0.3) is 5.91 Å². The van der Waals surface area contributed by atoms with Crippen molar-refractivity contribution in [3.63, 3.8) is 0 Å². The predicted octanol–water partition coefficient (Wildman–Crippen LogP) is 5.21. The van der Waals surface area contributed by atoms with Crippen LogP contribution in [-0.2, 0) is 22.6 Å². The van der Waals surface area contributed by atoms with Crippen molar-refractivity contribution < 1.29 is 19.5 Å². The number of aliphatic hydroxyl groups is 1. The van der Waals surface area contributed by atoms with Crippen LogP contribution in [-0.4, -0.2) is 53.1 Å². The average molecular weight is 575 g/mol. The number of amides is 3. The maximum Gasteiger partial charge on any atom is 0.268 e. The smallest absolute Gasteiger partial charge is 0.268 e. The van der Waals surface area contributed by atoms with Crippen molar-refractivity contribution in [3.8, 4) is 0 Å². The van der Waals surface area contributed by atoms with E-state index in [1.807, 2.05) is 54.0 Å². The molecule has 8 heteroatoms. The molecule has 8 nitrogen and oxygen atoms in total. The maximum atomic E-state index is 13.6. The Bertz CT molecular complexity index is 1340. The molecule has 0 saturated heterocycles. The molecular weight excluding hydrogens is 528 g/mol. The Morgan fingerprint density at radius 2 is 1.69 bits per heavy atom. The van der Waals surface area contributed by atoms with E-state index in [-0.39, 0.29) is 42.8 Å². The van der Waals surface area contributed by atoms with Gasteiger partial charge in [0.15, 0.2) is 0 Å². The van der Waals surface area contributed by atoms with Crippen LogP contribution in [0.3, 0.4) is 0 Å². The standard InChI is InChI=1S/C34H46N4O4/c1-3-25-12-11-14-29(22-25)37(4-2)32(40)24-38-30-15-8-7-13-27(30)23-31(38)34(42)36-28-18-16-26(17-19-28)33(41)35-20-9-5-6-10-21-39/h7-8,11-15,22-23,26,28,39H,3-6,9-10,16-21,24H2,1-2H3,(H,35,41)(H,36,42). The molecule has 0 spiro atoms. The number of aliphatic hydroxyl groups excluding tert-OH is 1. The lowest BCUT2D eigenvalue weighted by atomic mass is 9.85. The first-order valence-corrected chi connectivity index (χ1v) is 15.6. The van der Waals surface area contributed by atoms with Gasteiger partial charge in [0.1, 0.15) is 12.2 Å². The van der Waals surface area contributed by atoms with Gasteiger partial charge in [-0.1, -0.05) is 50.1 Å². The number of unbranched alkanes of at least 4 members (excludes halogenated alkanes) is 3. The zero-order valence-electron chi connectivity index (χ0n) is 25.1. The van der Waals surface area contributed by atoms with Gasteiger partial charge >= 0.3 is 0 Å². The van der Waals surface area contributed by atoms with Crippen LogP contribution in [0.4, 0.5) is 5.69 Å². The fourth-order valence-electron chi connectivity index (χ4n) is 5.94. The summed E-state index contributed by atoms with van der Waals surface area (Å²) in [4.78, 5) is 41.6. The van der Waals surface area contributed by atoms with Crippen molar-refractivity contribution in [1.29, 1.82) is 0 Å². The summed E-state index contributed by atoms with van der Waals surface area (Å²) in [5, 5.41) is 16.0. The Morgan fingerprint density at radius 3 is 2.43 bits per heavy atom. The van der Waals surface area contributed by atoms with Crippen molar-refractivity contribution in [2.75, 3.05) is 24.6 Å². The first-order chi connectivity index (χ1) is 20.4. The number of hydrogen-bond acceptors (Lipinski definition) is 4. The monoisotopic (exact) mass is 574 g/mol. The molecule has 1 aliphatic carbocycles. The van der Waals surface area contributed by atoms with Crippen molar-refractivity contribution in [2.24, 2.45) is 5.92 Å². The molecule has 1 aromatic heterocycles. The summed E-state index contributed by atoms with van der Waals surface area (Å²) < 4.78 is 1.83. The number of likely N-dealkylation sites (N-methyl/N-ethyl adjacent to an activating group) is 1. The molecule has 0 bridgehead atoms. The van der Waals surface area contributed by atoms with Gasteiger partial charge in [-0.15, -0.1) is 0 Å². The fraction of sp³-hybridized carbons (Fsp3) is 0.500. The van der Waals surface area contributed by atoms with Crippen LogP contribution in [0.1, 0.15) is 81.3 Å². The Hall–Kier alpha value is -3.65. The van der Waals surface area contributed by atoms with Crippen LogP contribution in [0.2, 0.25) is 0 Å². The molecule has 3 aromatic rings. The van der Waals surface area contributed by atoms with Crippen LogP contribution >= 0.6 is 0 Å². The summed E-state index contributed by atoms with van der Waals surface area (Å²) in [7, 11) is 0. The van der Waals surface area contributed by atoms with E-state index in [1.54, 1.807) is 4.90 Å². The summed E-state index contributed by atoms with van der Waals surface area (Å²) in [6.45, 7) is 5.55. The zero-order valence-corrected chi connectivity index (χ0v) is 25.1. The molecule has 0 unspecified atom stereocenters. The topological polar surface area (TPSA) is 104 Å². The summed E-state index contributed by atoms with van der Waals surface area (Å²) in [5.41, 5.74) is 3.37. The van der Waals surface area contributed by atoms with Crippen LogP contribution in [0.25, 0.3) is 10.9 Å². The Kier molecular flexibility index (Phi) is 11.6. The number of carbonyl (C=O) groups excluding carboxylic acids is 3. The number of hydrogen-bond donors (Lipinski definition) is 3. The third-order valence-electron chi connectivity index (χ3n) is 8.40. The molecule has 226 valence electrons. The van der Waals surface area contributed by atoms with Crippen molar-refractivity contribution >= 4 is 34.3 Å². The second-order valence-electron chi connectivity index (χ2n) is 11.3. The van der Waals surface area contributed by atoms with Crippen LogP contribution in [0.5, 0.6) is 0 Å². The van der Waals surface area contributed by atoms with Crippen LogP contribution in [0.15, 0.2) is 54.6 Å². The number of fused-ring (bicyclic) bond motifs is 1. The number of rotatable bonds is 14. The van der Waals surface area contributed by atoms with Crippen LogP contribution < -0.4 is 15.5 Å². The molecule has 42 heavy (non-hydrogen) atoms. The molecule has 3 amide bonds. The molecule has 2 aromatic carbocycles. The lowest BCUT2D eigenvalue weighted by Gasteiger charge is -2.28. The number of aromatic nitrogens is 1. The van der Waals surface area contributed by atoms with Crippen molar-refractivity contribution in [2.45, 2.75) is 84.2 Å². The number of carbonyl (C=O) groups is 3. The number of para-hydroxylation sites is 1. The number of nitrogens with zero attached hydrogens (tertiary/aromatic N) is 2. The molecule has 1 fully saturated rings. The largest absolute Gasteiger partial charge is 0.396 e. The molecular formula is C34H46N4O4. The van der Waals surface area contributed by atoms with Gasteiger partial charge < -0.3 is 25.2 Å². The van der Waals surface area contributed by atoms with Gasteiger partial charge in [-0.3, -0.25) is 14.4 Å². The number of benzene rings is 2. The fourth-order valence-corrected chi connectivity index (χ4v) is 5.94. The van der Waals surface area contributed by atoms with E-state index < -0.39 is 0 Å². The number of nitrogens with one attached hydrogen (secondary N) is 2. The van der Waals surface area contributed by atoms with E-state index in [0.717, 1.165) is 74.4 Å². The Morgan fingerprint density at radius 1 is 0.929 bits per heavy atom. The highest BCUT2D eigenvalue weighted by atomic mass is 16.3. The zero-order chi connectivity index (χ0) is 29.9. The van der Waals surface area contributed by atoms with Gasteiger partial charge in [0, 0.05) is 48.2 Å². The van der Waals surface area contributed by atoms with E-state index >= 15 is 0 Å². The second-order valence-corrected chi connectivity index (χ2v) is 11.3. The molecule has 1 aliphatic rings. The third-order valence-corrected chi connectivity index (χ3v) is 8.40. The normalized spacial score (nSPS) is 16.7. The second kappa shape index (κ2) is 15.5. The average Bonchev–Trinajstić information content (AvgIpc) is 3.38. The van der Waals surface area contributed by atoms with E-state index in [1.165, 1.54) is 5.56 Å². The number of anilines is 1. The lowest BCUT2D eigenvalue weighted by Crippen LogP contribution is -2.42.